The average molecular weight is 218 g/mol. The molecule has 16 heavy (non-hydrogen) atoms. The molecule has 0 aliphatic carbocycles. The van der Waals surface area contributed by atoms with Crippen LogP contribution in [0.25, 0.3) is 10.9 Å². The van der Waals surface area contributed by atoms with Crippen LogP contribution in [0.1, 0.15) is 5.56 Å². The Morgan fingerprint density at radius 1 is 1.44 bits per heavy atom. The van der Waals surface area contributed by atoms with E-state index >= 15 is 0 Å². The predicted molar refractivity (Wildman–Crippen MR) is 62.3 cm³/mol. The molecule has 4 heteroatoms. The normalized spacial score (nSPS) is 10.8. The van der Waals surface area contributed by atoms with Crippen LogP contribution in [-0.2, 0) is 18.4 Å². The molecule has 0 saturated carbocycles. The maximum atomic E-state index is 10.4. The third-order valence-electron chi connectivity index (χ3n) is 2.57. The third kappa shape index (κ3) is 2.06. The zero-order valence-corrected chi connectivity index (χ0v) is 9.10. The number of hydrogen-bond acceptors (Lipinski definition) is 2. The molecular formula is C12H14N2O2. The van der Waals surface area contributed by atoms with Gasteiger partial charge in [-0.25, -0.2) is 0 Å². The van der Waals surface area contributed by atoms with Crippen molar-refractivity contribution in [2.24, 2.45) is 7.05 Å². The second-order valence-corrected chi connectivity index (χ2v) is 3.78. The largest absolute Gasteiger partial charge is 0.480 e. The van der Waals surface area contributed by atoms with E-state index in [1.165, 1.54) is 5.39 Å². The van der Waals surface area contributed by atoms with Crippen LogP contribution in [0.15, 0.2) is 30.5 Å². The van der Waals surface area contributed by atoms with Crippen molar-refractivity contribution in [2.75, 3.05) is 6.54 Å². The molecule has 2 rings (SSSR count). The van der Waals surface area contributed by atoms with Gasteiger partial charge in [0.15, 0.2) is 0 Å². The molecule has 2 aromatic rings. The molecule has 0 unspecified atom stereocenters. The lowest BCUT2D eigenvalue weighted by molar-refractivity contribution is -0.135. The first-order valence-corrected chi connectivity index (χ1v) is 5.14. The maximum absolute atomic E-state index is 10.4. The minimum absolute atomic E-state index is 0.0131. The smallest absolute Gasteiger partial charge is 0.317 e. The number of nitrogens with zero attached hydrogens (tertiary/aromatic N) is 1. The van der Waals surface area contributed by atoms with Crippen molar-refractivity contribution in [3.8, 4) is 0 Å². The number of aromatic nitrogens is 1. The first kappa shape index (κ1) is 10.7. The highest BCUT2D eigenvalue weighted by atomic mass is 16.4. The highest BCUT2D eigenvalue weighted by Gasteiger charge is 2.04. The van der Waals surface area contributed by atoms with E-state index in [2.05, 4.69) is 17.4 Å². The molecule has 2 N–H and O–H groups in total. The van der Waals surface area contributed by atoms with Gasteiger partial charge in [-0.3, -0.25) is 4.79 Å². The average Bonchev–Trinajstić information content (AvgIpc) is 2.61. The number of carboxylic acid groups (broad SMARTS) is 1. The number of fused-ring (bicyclic) bond motifs is 1. The van der Waals surface area contributed by atoms with E-state index < -0.39 is 5.97 Å². The topological polar surface area (TPSA) is 54.3 Å². The van der Waals surface area contributed by atoms with Crippen LogP contribution >= 0.6 is 0 Å². The fourth-order valence-corrected chi connectivity index (χ4v) is 1.89. The van der Waals surface area contributed by atoms with E-state index in [-0.39, 0.29) is 6.54 Å². The summed E-state index contributed by atoms with van der Waals surface area (Å²) < 4.78 is 2.05. The molecule has 0 atom stereocenters. The summed E-state index contributed by atoms with van der Waals surface area (Å²) >= 11 is 0. The van der Waals surface area contributed by atoms with E-state index in [4.69, 9.17) is 5.11 Å². The van der Waals surface area contributed by atoms with E-state index in [0.717, 1.165) is 11.1 Å². The van der Waals surface area contributed by atoms with E-state index in [1.54, 1.807) is 0 Å². The fourth-order valence-electron chi connectivity index (χ4n) is 1.89. The standard InChI is InChI=1S/C12H14N2O2/c1-14-6-5-9-3-2-4-10(12(9)14)7-13-8-11(15)16/h2-6,13H,7-8H2,1H3,(H,15,16). The monoisotopic (exact) mass is 218 g/mol. The van der Waals surface area contributed by atoms with Gasteiger partial charge in [-0.15, -0.1) is 0 Å². The van der Waals surface area contributed by atoms with Gasteiger partial charge in [0.25, 0.3) is 0 Å². The summed E-state index contributed by atoms with van der Waals surface area (Å²) in [6.07, 6.45) is 2.01. The lowest BCUT2D eigenvalue weighted by Crippen LogP contribution is -2.22. The molecule has 0 saturated heterocycles. The molecule has 1 heterocycles. The van der Waals surface area contributed by atoms with Crippen molar-refractivity contribution in [3.63, 3.8) is 0 Å². The van der Waals surface area contributed by atoms with Crippen LogP contribution in [0.4, 0.5) is 0 Å². The molecule has 0 amide bonds. The number of hydrogen-bond donors (Lipinski definition) is 2. The second kappa shape index (κ2) is 4.37. The van der Waals surface area contributed by atoms with Crippen molar-refractivity contribution >= 4 is 16.9 Å². The van der Waals surface area contributed by atoms with Gasteiger partial charge < -0.3 is 15.0 Å². The maximum Gasteiger partial charge on any atom is 0.317 e. The molecule has 1 aromatic carbocycles. The molecule has 0 bridgehead atoms. The SMILES string of the molecule is Cn1ccc2cccc(CNCC(=O)O)c21. The summed E-state index contributed by atoms with van der Waals surface area (Å²) in [5.41, 5.74) is 2.27. The number of nitrogens with one attached hydrogen (secondary N) is 1. The van der Waals surface area contributed by atoms with Crippen molar-refractivity contribution < 1.29 is 9.90 Å². The Bertz CT molecular complexity index is 517. The number of aliphatic carboxylic acids is 1. The van der Waals surface area contributed by atoms with Gasteiger partial charge in [0.2, 0.25) is 0 Å². The van der Waals surface area contributed by atoms with Gasteiger partial charge in [-0.05, 0) is 17.0 Å². The van der Waals surface area contributed by atoms with E-state index in [1.807, 2.05) is 29.9 Å². The third-order valence-corrected chi connectivity index (χ3v) is 2.57. The van der Waals surface area contributed by atoms with Crippen LogP contribution in [0.3, 0.4) is 0 Å². The van der Waals surface area contributed by atoms with Crippen LogP contribution in [0, 0.1) is 0 Å². The molecule has 1 aromatic heterocycles. The first-order valence-electron chi connectivity index (χ1n) is 5.14. The Kier molecular flexibility index (Phi) is 2.92. The molecule has 0 aliphatic rings. The Balaban J connectivity index is 2.23. The Morgan fingerprint density at radius 3 is 3.00 bits per heavy atom. The number of carbonyl (C=O) groups is 1. The van der Waals surface area contributed by atoms with E-state index in [0.29, 0.717) is 6.54 Å². The molecular weight excluding hydrogens is 204 g/mol. The molecule has 0 aliphatic heterocycles. The minimum Gasteiger partial charge on any atom is -0.480 e. The highest BCUT2D eigenvalue weighted by Crippen LogP contribution is 2.18. The van der Waals surface area contributed by atoms with Gasteiger partial charge in [-0.1, -0.05) is 18.2 Å². The number of benzene rings is 1. The summed E-state index contributed by atoms with van der Waals surface area (Å²) in [6, 6.07) is 8.10. The zero-order valence-electron chi connectivity index (χ0n) is 9.10. The fraction of sp³-hybridized carbons (Fsp3) is 0.250. The van der Waals surface area contributed by atoms with Crippen molar-refractivity contribution in [1.29, 1.82) is 0 Å². The van der Waals surface area contributed by atoms with Crippen LogP contribution in [0.2, 0.25) is 0 Å². The molecule has 0 radical (unpaired) electrons. The van der Waals surface area contributed by atoms with Crippen molar-refractivity contribution in [1.82, 2.24) is 9.88 Å². The van der Waals surface area contributed by atoms with Crippen molar-refractivity contribution in [2.45, 2.75) is 6.54 Å². The van der Waals surface area contributed by atoms with Gasteiger partial charge in [0.1, 0.15) is 0 Å². The number of para-hydroxylation sites is 1. The van der Waals surface area contributed by atoms with Gasteiger partial charge >= 0.3 is 5.97 Å². The van der Waals surface area contributed by atoms with Gasteiger partial charge in [-0.2, -0.15) is 0 Å². The quantitative estimate of drug-likeness (QED) is 0.814. The molecule has 0 fully saturated rings. The minimum atomic E-state index is -0.834. The number of rotatable bonds is 4. The van der Waals surface area contributed by atoms with Gasteiger partial charge in [0.05, 0.1) is 12.1 Å². The van der Waals surface area contributed by atoms with Crippen LogP contribution < -0.4 is 5.32 Å². The first-order chi connectivity index (χ1) is 7.68. The number of aryl methyl sites for hydroxylation is 1. The number of carboxylic acids is 1. The molecule has 84 valence electrons. The van der Waals surface area contributed by atoms with Crippen LogP contribution in [0.5, 0.6) is 0 Å². The summed E-state index contributed by atoms with van der Waals surface area (Å²) in [5.74, 6) is -0.834. The summed E-state index contributed by atoms with van der Waals surface area (Å²) in [6.45, 7) is 0.558. The zero-order chi connectivity index (χ0) is 11.5. The molecule has 4 nitrogen and oxygen atoms in total. The van der Waals surface area contributed by atoms with Crippen molar-refractivity contribution in [3.05, 3.63) is 36.0 Å². The lowest BCUT2D eigenvalue weighted by atomic mass is 10.1. The summed E-state index contributed by atoms with van der Waals surface area (Å²) in [7, 11) is 1.99. The molecule has 0 spiro atoms. The summed E-state index contributed by atoms with van der Waals surface area (Å²) in [5, 5.41) is 12.6. The Morgan fingerprint density at radius 2 is 2.25 bits per heavy atom. The Hall–Kier alpha value is -1.81. The lowest BCUT2D eigenvalue weighted by Gasteiger charge is -2.06. The van der Waals surface area contributed by atoms with Crippen LogP contribution in [-0.4, -0.2) is 22.2 Å². The summed E-state index contributed by atoms with van der Waals surface area (Å²) in [4.78, 5) is 10.4. The predicted octanol–water partition coefficient (Wildman–Crippen LogP) is 1.35. The van der Waals surface area contributed by atoms with E-state index in [9.17, 15) is 4.79 Å². The Labute approximate surface area is 93.5 Å². The second-order valence-electron chi connectivity index (χ2n) is 3.78. The van der Waals surface area contributed by atoms with Gasteiger partial charge in [0, 0.05) is 19.8 Å². The highest BCUT2D eigenvalue weighted by molar-refractivity contribution is 5.83.